The molecule has 4 rings (SSSR count). The lowest BCUT2D eigenvalue weighted by atomic mass is 9.43. The third kappa shape index (κ3) is 3.40. The lowest BCUT2D eigenvalue weighted by Gasteiger charge is -2.65. The number of rotatable bonds is 4. The summed E-state index contributed by atoms with van der Waals surface area (Å²) in [6, 6.07) is 0. The first-order valence-corrected chi connectivity index (χ1v) is 12.9. The number of halogens is 1. The fourth-order valence-electron chi connectivity index (χ4n) is 8.70. The number of aliphatic carboxylic acids is 1. The molecule has 0 aromatic carbocycles. The van der Waals surface area contributed by atoms with E-state index in [1.807, 2.05) is 0 Å². The molecule has 0 aromatic rings. The van der Waals surface area contributed by atoms with Gasteiger partial charge in [0.05, 0.1) is 12.2 Å². The van der Waals surface area contributed by atoms with Gasteiger partial charge in [-0.05, 0) is 98.2 Å². The van der Waals surface area contributed by atoms with E-state index in [0.29, 0.717) is 29.6 Å². The van der Waals surface area contributed by atoms with Gasteiger partial charge in [-0.1, -0.05) is 43.4 Å². The van der Waals surface area contributed by atoms with Crippen LogP contribution in [-0.2, 0) is 4.79 Å². The van der Waals surface area contributed by atoms with E-state index in [2.05, 4.69) is 43.4 Å². The summed E-state index contributed by atoms with van der Waals surface area (Å²) >= 11 is 2.60. The van der Waals surface area contributed by atoms with Gasteiger partial charge < -0.3 is 15.3 Å². The van der Waals surface area contributed by atoms with Crippen LogP contribution < -0.4 is 0 Å². The van der Waals surface area contributed by atoms with E-state index >= 15 is 0 Å². The number of fused-ring (bicyclic) bond motifs is 5. The van der Waals surface area contributed by atoms with Crippen LogP contribution in [0.5, 0.6) is 0 Å². The maximum atomic E-state index is 11.4. The topological polar surface area (TPSA) is 77.8 Å². The number of hydrogen-bond donors (Lipinski definition) is 3. The molecule has 0 aromatic heterocycles. The van der Waals surface area contributed by atoms with E-state index in [9.17, 15) is 15.0 Å². The van der Waals surface area contributed by atoms with Crippen LogP contribution in [0.2, 0.25) is 0 Å². The Bertz CT molecular complexity index is 655. The van der Waals surface area contributed by atoms with Crippen molar-refractivity contribution < 1.29 is 20.1 Å². The molecule has 4 aliphatic rings. The zero-order valence-corrected chi connectivity index (χ0v) is 20.4. The van der Waals surface area contributed by atoms with Crippen LogP contribution in [0.1, 0.15) is 85.0 Å². The maximum Gasteiger partial charge on any atom is 0.303 e. The standard InChI is InChI=1S/C24H39IO4/c1-14(4-7-20(28)29)16-5-6-17-21-18(9-10-22(16,17)2)23(3)11-8-15(26)12-24(23,25)13-19(21)27/h14-19,21,26-27H,4-13H2,1-3H3,(H,28,29)/t14-,15-,16-,17?,18?,19-,21?,22-,23-,24-/m1/s1. The van der Waals surface area contributed by atoms with E-state index in [1.165, 1.54) is 25.7 Å². The quantitative estimate of drug-likeness (QED) is 0.360. The number of aliphatic hydroxyl groups is 2. The third-order valence-electron chi connectivity index (χ3n) is 10.3. The summed E-state index contributed by atoms with van der Waals surface area (Å²) in [4.78, 5) is 11.1. The van der Waals surface area contributed by atoms with Gasteiger partial charge in [0, 0.05) is 9.84 Å². The van der Waals surface area contributed by atoms with Crippen molar-refractivity contribution in [1.82, 2.24) is 0 Å². The monoisotopic (exact) mass is 518 g/mol. The average Bonchev–Trinajstić information content (AvgIpc) is 2.98. The maximum absolute atomic E-state index is 11.4. The van der Waals surface area contributed by atoms with Gasteiger partial charge in [0.25, 0.3) is 0 Å². The Labute approximate surface area is 189 Å². The molecule has 4 fully saturated rings. The molecule has 5 heteroatoms. The van der Waals surface area contributed by atoms with Gasteiger partial charge in [0.1, 0.15) is 0 Å². The van der Waals surface area contributed by atoms with Crippen molar-refractivity contribution in [2.45, 2.75) is 101 Å². The van der Waals surface area contributed by atoms with Crippen molar-refractivity contribution in [1.29, 1.82) is 0 Å². The molecular formula is C24H39IO4. The molecule has 4 aliphatic carbocycles. The van der Waals surface area contributed by atoms with Crippen LogP contribution >= 0.6 is 22.6 Å². The van der Waals surface area contributed by atoms with Crippen molar-refractivity contribution >= 4 is 28.6 Å². The first kappa shape index (κ1) is 22.3. The van der Waals surface area contributed by atoms with E-state index in [0.717, 1.165) is 32.1 Å². The molecule has 0 radical (unpaired) electrons. The second-order valence-corrected chi connectivity index (χ2v) is 13.5. The fraction of sp³-hybridized carbons (Fsp3) is 0.958. The van der Waals surface area contributed by atoms with Gasteiger partial charge >= 0.3 is 5.97 Å². The van der Waals surface area contributed by atoms with E-state index in [-0.39, 0.29) is 32.9 Å². The molecule has 3 unspecified atom stereocenters. The SMILES string of the molecule is C[C@H](CCC(=O)O)[C@H]1CCC2C3C(CC[C@@]21C)[C@@]1(C)CC[C@@H](O)C[C@@]1(I)C[C@H]3O. The summed E-state index contributed by atoms with van der Waals surface area (Å²) in [5, 5.41) is 30.9. The van der Waals surface area contributed by atoms with Crippen LogP contribution in [0, 0.1) is 40.4 Å². The van der Waals surface area contributed by atoms with Gasteiger partial charge in [-0.25, -0.2) is 0 Å². The first-order chi connectivity index (χ1) is 13.5. The highest BCUT2D eigenvalue weighted by molar-refractivity contribution is 14.1. The summed E-state index contributed by atoms with van der Waals surface area (Å²) in [7, 11) is 0. The van der Waals surface area contributed by atoms with Crippen LogP contribution in [0.4, 0.5) is 0 Å². The highest BCUT2D eigenvalue weighted by Gasteiger charge is 2.66. The number of carbonyl (C=O) groups is 1. The first-order valence-electron chi connectivity index (χ1n) is 11.8. The van der Waals surface area contributed by atoms with E-state index < -0.39 is 5.97 Å². The molecular weight excluding hydrogens is 479 g/mol. The van der Waals surface area contributed by atoms with Crippen molar-refractivity contribution in [2.75, 3.05) is 0 Å². The minimum Gasteiger partial charge on any atom is -0.481 e. The third-order valence-corrected chi connectivity index (χ3v) is 12.4. The zero-order valence-electron chi connectivity index (χ0n) is 18.2. The molecule has 4 nitrogen and oxygen atoms in total. The average molecular weight is 518 g/mol. The molecule has 29 heavy (non-hydrogen) atoms. The lowest BCUT2D eigenvalue weighted by molar-refractivity contribution is -0.159. The van der Waals surface area contributed by atoms with Crippen molar-refractivity contribution in [2.24, 2.45) is 40.4 Å². The second-order valence-electron chi connectivity index (χ2n) is 11.5. The van der Waals surface area contributed by atoms with E-state index in [1.54, 1.807) is 0 Å². The van der Waals surface area contributed by atoms with E-state index in [4.69, 9.17) is 5.11 Å². The zero-order chi connectivity index (χ0) is 21.2. The Morgan fingerprint density at radius 2 is 1.79 bits per heavy atom. The normalized spacial score (nSPS) is 52.9. The molecule has 0 saturated heterocycles. The van der Waals surface area contributed by atoms with Gasteiger partial charge in [-0.15, -0.1) is 0 Å². The molecule has 0 bridgehead atoms. The summed E-state index contributed by atoms with van der Waals surface area (Å²) in [5.41, 5.74) is 0.431. The van der Waals surface area contributed by atoms with Crippen LogP contribution in [-0.4, -0.2) is 36.9 Å². The number of carboxylic acids is 1. The summed E-state index contributed by atoms with van der Waals surface area (Å²) in [5.74, 6) is 1.79. The summed E-state index contributed by atoms with van der Waals surface area (Å²) in [6.45, 7) is 7.16. The van der Waals surface area contributed by atoms with Crippen molar-refractivity contribution in [3.05, 3.63) is 0 Å². The number of carboxylic acid groups (broad SMARTS) is 1. The Kier molecular flexibility index (Phi) is 5.86. The molecule has 0 amide bonds. The largest absolute Gasteiger partial charge is 0.481 e. The molecule has 4 saturated carbocycles. The summed E-state index contributed by atoms with van der Waals surface area (Å²) in [6.07, 6.45) is 8.91. The number of aliphatic hydroxyl groups excluding tert-OH is 2. The van der Waals surface area contributed by atoms with Crippen molar-refractivity contribution in [3.8, 4) is 0 Å². The minimum absolute atomic E-state index is 0.00351. The predicted octanol–water partition coefficient (Wildman–Crippen LogP) is 5.04. The highest BCUT2D eigenvalue weighted by atomic mass is 127. The molecule has 166 valence electrons. The second kappa shape index (κ2) is 7.61. The van der Waals surface area contributed by atoms with Gasteiger partial charge in [-0.2, -0.15) is 0 Å². The predicted molar refractivity (Wildman–Crippen MR) is 122 cm³/mol. The van der Waals surface area contributed by atoms with Crippen LogP contribution in [0.25, 0.3) is 0 Å². The molecule has 0 heterocycles. The van der Waals surface area contributed by atoms with Crippen LogP contribution in [0.3, 0.4) is 0 Å². The molecule has 10 atom stereocenters. The smallest absolute Gasteiger partial charge is 0.303 e. The Morgan fingerprint density at radius 1 is 1.07 bits per heavy atom. The van der Waals surface area contributed by atoms with Crippen molar-refractivity contribution in [3.63, 3.8) is 0 Å². The van der Waals surface area contributed by atoms with Gasteiger partial charge in [0.15, 0.2) is 0 Å². The number of alkyl halides is 1. The van der Waals surface area contributed by atoms with Gasteiger partial charge in [-0.3, -0.25) is 4.79 Å². The molecule has 0 spiro atoms. The molecule has 3 N–H and O–H groups in total. The Morgan fingerprint density at radius 3 is 2.48 bits per heavy atom. The number of hydrogen-bond acceptors (Lipinski definition) is 3. The summed E-state index contributed by atoms with van der Waals surface area (Å²) < 4.78 is 0.00351. The lowest BCUT2D eigenvalue weighted by Crippen LogP contribution is -2.64. The highest BCUT2D eigenvalue weighted by Crippen LogP contribution is 2.70. The minimum atomic E-state index is -0.686. The Balaban J connectivity index is 1.59. The fourth-order valence-corrected chi connectivity index (χ4v) is 10.3. The van der Waals surface area contributed by atoms with Gasteiger partial charge in [0.2, 0.25) is 0 Å². The Hall–Kier alpha value is 0.120. The van der Waals surface area contributed by atoms with Crippen LogP contribution in [0.15, 0.2) is 0 Å². The molecule has 0 aliphatic heterocycles.